The molecule has 0 saturated carbocycles. The molecule has 106 valence electrons. The third-order valence-corrected chi connectivity index (χ3v) is 5.22. The van der Waals surface area contributed by atoms with E-state index in [1.165, 1.54) is 11.3 Å². The summed E-state index contributed by atoms with van der Waals surface area (Å²) < 4.78 is 0. The molecule has 0 unspecified atom stereocenters. The molecule has 1 aliphatic rings. The second-order valence-electron chi connectivity index (χ2n) is 4.74. The number of hydrogen-bond donors (Lipinski definition) is 0. The van der Waals surface area contributed by atoms with E-state index in [1.807, 2.05) is 17.2 Å². The van der Waals surface area contributed by atoms with Gasteiger partial charge in [0.1, 0.15) is 4.88 Å². The van der Waals surface area contributed by atoms with Gasteiger partial charge in [-0.3, -0.25) is 4.79 Å². The molecule has 1 saturated heterocycles. The van der Waals surface area contributed by atoms with Crippen LogP contribution in [0, 0.1) is 6.92 Å². The van der Waals surface area contributed by atoms with E-state index >= 15 is 0 Å². The lowest BCUT2D eigenvalue weighted by molar-refractivity contribution is 0.0767. The number of halogens is 2. The molecule has 2 heterocycles. The number of carbonyl (C=O) groups excluding carboxylic acids is 1. The largest absolute Gasteiger partial charge is 0.337 e. The number of nitrogens with zero attached hydrogens (tertiary/aromatic N) is 2. The zero-order valence-electron chi connectivity index (χ0n) is 11.0. The summed E-state index contributed by atoms with van der Waals surface area (Å²) in [5.74, 6) is 0.708. The summed E-state index contributed by atoms with van der Waals surface area (Å²) >= 11 is 13.4. The minimum atomic E-state index is 0.0656. The van der Waals surface area contributed by atoms with E-state index in [1.54, 1.807) is 0 Å². The third-order valence-electron chi connectivity index (χ3n) is 3.37. The van der Waals surface area contributed by atoms with Gasteiger partial charge in [0.15, 0.2) is 0 Å². The van der Waals surface area contributed by atoms with Gasteiger partial charge in [0, 0.05) is 32.1 Å². The molecule has 0 N–H and O–H groups in total. The van der Waals surface area contributed by atoms with E-state index in [9.17, 15) is 4.79 Å². The fourth-order valence-corrected chi connectivity index (χ4v) is 3.71. The summed E-state index contributed by atoms with van der Waals surface area (Å²) in [5, 5.41) is 2.55. The van der Waals surface area contributed by atoms with Crippen LogP contribution in [0.2, 0.25) is 5.02 Å². The Morgan fingerprint density at radius 3 is 2.79 bits per heavy atom. The van der Waals surface area contributed by atoms with Crippen molar-refractivity contribution in [2.75, 3.05) is 38.6 Å². The maximum absolute atomic E-state index is 12.5. The normalized spacial score (nSPS) is 17.5. The first-order chi connectivity index (χ1) is 9.13. The number of aryl methyl sites for hydroxylation is 1. The van der Waals surface area contributed by atoms with Gasteiger partial charge >= 0.3 is 0 Å². The van der Waals surface area contributed by atoms with Gasteiger partial charge in [-0.15, -0.1) is 22.9 Å². The first kappa shape index (κ1) is 15.1. The molecule has 0 aliphatic carbocycles. The van der Waals surface area contributed by atoms with Gasteiger partial charge in [0.25, 0.3) is 5.91 Å². The Kier molecular flexibility index (Phi) is 5.51. The highest BCUT2D eigenvalue weighted by molar-refractivity contribution is 7.13. The molecular formula is C13H18Cl2N2OS. The molecule has 0 bridgehead atoms. The van der Waals surface area contributed by atoms with Crippen molar-refractivity contribution in [2.24, 2.45) is 0 Å². The summed E-state index contributed by atoms with van der Waals surface area (Å²) in [7, 11) is 0. The molecular weight excluding hydrogens is 303 g/mol. The minimum absolute atomic E-state index is 0.0656. The topological polar surface area (TPSA) is 23.6 Å². The van der Waals surface area contributed by atoms with Crippen molar-refractivity contribution in [1.29, 1.82) is 0 Å². The van der Waals surface area contributed by atoms with Crippen LogP contribution in [0.1, 0.15) is 21.7 Å². The lowest BCUT2D eigenvalue weighted by atomic mass is 10.3. The third kappa shape index (κ3) is 3.63. The van der Waals surface area contributed by atoms with Crippen molar-refractivity contribution in [3.8, 4) is 0 Å². The maximum atomic E-state index is 12.5. The zero-order chi connectivity index (χ0) is 13.8. The lowest BCUT2D eigenvalue weighted by Crippen LogP contribution is -2.35. The van der Waals surface area contributed by atoms with Crippen LogP contribution in [0.3, 0.4) is 0 Å². The number of alkyl halides is 1. The Bertz CT molecular complexity index is 450. The quantitative estimate of drug-likeness (QED) is 0.799. The highest BCUT2D eigenvalue weighted by Gasteiger charge is 2.23. The van der Waals surface area contributed by atoms with Gasteiger partial charge in [0.05, 0.1) is 5.02 Å². The molecule has 1 aliphatic heterocycles. The summed E-state index contributed by atoms with van der Waals surface area (Å²) in [6, 6.07) is 0. The highest BCUT2D eigenvalue weighted by Crippen LogP contribution is 2.28. The summed E-state index contributed by atoms with van der Waals surface area (Å²) in [4.78, 5) is 17.3. The summed E-state index contributed by atoms with van der Waals surface area (Å²) in [6.45, 7) is 6.27. The summed E-state index contributed by atoms with van der Waals surface area (Å²) in [5.41, 5.74) is 0.980. The molecule has 0 radical (unpaired) electrons. The van der Waals surface area contributed by atoms with Crippen LogP contribution in [0.25, 0.3) is 0 Å². The van der Waals surface area contributed by atoms with Crippen LogP contribution in [-0.4, -0.2) is 54.3 Å². The van der Waals surface area contributed by atoms with Gasteiger partial charge < -0.3 is 9.80 Å². The second-order valence-corrected chi connectivity index (χ2v) is 6.37. The first-order valence-electron chi connectivity index (χ1n) is 6.44. The Morgan fingerprint density at radius 1 is 1.37 bits per heavy atom. The van der Waals surface area contributed by atoms with Gasteiger partial charge in [-0.25, -0.2) is 0 Å². The van der Waals surface area contributed by atoms with E-state index < -0.39 is 0 Å². The van der Waals surface area contributed by atoms with E-state index in [0.29, 0.717) is 15.8 Å². The van der Waals surface area contributed by atoms with E-state index in [4.69, 9.17) is 23.2 Å². The van der Waals surface area contributed by atoms with Crippen LogP contribution in [0.4, 0.5) is 0 Å². The molecule has 1 aromatic rings. The first-order valence-corrected chi connectivity index (χ1v) is 8.24. The molecule has 3 nitrogen and oxygen atoms in total. The Balaban J connectivity index is 2.02. The average Bonchev–Trinajstić information content (AvgIpc) is 2.62. The van der Waals surface area contributed by atoms with Crippen LogP contribution >= 0.6 is 34.5 Å². The second kappa shape index (κ2) is 6.93. The van der Waals surface area contributed by atoms with E-state index in [2.05, 4.69) is 4.90 Å². The van der Waals surface area contributed by atoms with E-state index in [-0.39, 0.29) is 5.91 Å². The van der Waals surface area contributed by atoms with Gasteiger partial charge in [-0.1, -0.05) is 11.6 Å². The smallest absolute Gasteiger partial charge is 0.265 e. The van der Waals surface area contributed by atoms with Crippen LogP contribution in [-0.2, 0) is 0 Å². The molecule has 0 spiro atoms. The molecule has 19 heavy (non-hydrogen) atoms. The monoisotopic (exact) mass is 320 g/mol. The van der Waals surface area contributed by atoms with Gasteiger partial charge in [0.2, 0.25) is 0 Å². The van der Waals surface area contributed by atoms with Crippen LogP contribution in [0.5, 0.6) is 0 Å². The minimum Gasteiger partial charge on any atom is -0.337 e. The maximum Gasteiger partial charge on any atom is 0.265 e. The number of rotatable bonds is 3. The van der Waals surface area contributed by atoms with Crippen molar-refractivity contribution in [3.63, 3.8) is 0 Å². The van der Waals surface area contributed by atoms with Crippen molar-refractivity contribution >= 4 is 40.4 Å². The Hall–Kier alpha value is -0.290. The molecule has 1 fully saturated rings. The van der Waals surface area contributed by atoms with Gasteiger partial charge in [-0.2, -0.15) is 0 Å². The number of amides is 1. The SMILES string of the molecule is Cc1csc(C(=O)N2CCCN(CCCl)CC2)c1Cl. The number of carbonyl (C=O) groups is 1. The fourth-order valence-electron chi connectivity index (χ4n) is 2.23. The van der Waals surface area contributed by atoms with Crippen molar-refractivity contribution in [1.82, 2.24) is 9.80 Å². The van der Waals surface area contributed by atoms with E-state index in [0.717, 1.165) is 44.7 Å². The fraction of sp³-hybridized carbons (Fsp3) is 0.615. The number of thiophene rings is 1. The molecule has 2 rings (SSSR count). The van der Waals surface area contributed by atoms with Gasteiger partial charge in [-0.05, 0) is 30.8 Å². The predicted molar refractivity (Wildman–Crippen MR) is 81.7 cm³/mol. The lowest BCUT2D eigenvalue weighted by Gasteiger charge is -2.21. The average molecular weight is 321 g/mol. The molecule has 0 aromatic carbocycles. The van der Waals surface area contributed by atoms with Crippen molar-refractivity contribution < 1.29 is 4.79 Å². The molecule has 1 aromatic heterocycles. The summed E-state index contributed by atoms with van der Waals surface area (Å²) in [6.07, 6.45) is 0.991. The molecule has 6 heteroatoms. The number of hydrogen-bond acceptors (Lipinski definition) is 3. The molecule has 1 amide bonds. The standard InChI is InChI=1S/C13H18Cl2N2OS/c1-10-9-19-12(11(10)15)13(18)17-5-2-4-16(6-3-14)7-8-17/h9H,2-8H2,1H3. The molecule has 0 atom stereocenters. The van der Waals surface area contributed by atoms with Crippen molar-refractivity contribution in [2.45, 2.75) is 13.3 Å². The highest BCUT2D eigenvalue weighted by atomic mass is 35.5. The van der Waals surface area contributed by atoms with Crippen LogP contribution in [0.15, 0.2) is 5.38 Å². The Morgan fingerprint density at radius 2 is 2.16 bits per heavy atom. The van der Waals surface area contributed by atoms with Crippen LogP contribution < -0.4 is 0 Å². The zero-order valence-corrected chi connectivity index (χ0v) is 13.3. The predicted octanol–water partition coefficient (Wildman–Crippen LogP) is 3.10. The van der Waals surface area contributed by atoms with Crippen molar-refractivity contribution in [3.05, 3.63) is 20.8 Å². The Labute approximate surface area is 128 Å².